The number of ether oxygens (including phenoxy) is 8. The third-order valence-electron chi connectivity index (χ3n) is 10.9. The van der Waals surface area contributed by atoms with Gasteiger partial charge in [-0.15, -0.1) is 0 Å². The van der Waals surface area contributed by atoms with Gasteiger partial charge in [0.15, 0.2) is 18.7 Å². The highest BCUT2D eigenvalue weighted by Gasteiger charge is 2.53. The van der Waals surface area contributed by atoms with Gasteiger partial charge < -0.3 is 62.9 Å². The Morgan fingerprint density at radius 3 is 2.23 bits per heavy atom. The average molecular weight is 814 g/mol. The number of methoxy groups -OCH3 is 1. The lowest BCUT2D eigenvalue weighted by Gasteiger charge is -2.50. The van der Waals surface area contributed by atoms with E-state index in [0.29, 0.717) is 12.7 Å². The number of rotatable bonds is 12. The van der Waals surface area contributed by atoms with Crippen LogP contribution in [0.2, 0.25) is 0 Å². The maximum atomic E-state index is 13.3. The summed E-state index contributed by atoms with van der Waals surface area (Å²) in [5.74, 6) is -2.82. The van der Waals surface area contributed by atoms with Crippen molar-refractivity contribution in [1.29, 1.82) is 0 Å². The van der Waals surface area contributed by atoms with E-state index in [1.165, 1.54) is 7.11 Å². The molecule has 0 amide bonds. The van der Waals surface area contributed by atoms with Crippen LogP contribution < -0.4 is 0 Å². The van der Waals surface area contributed by atoms with Crippen LogP contribution in [0, 0.1) is 11.8 Å². The van der Waals surface area contributed by atoms with Gasteiger partial charge in [0.2, 0.25) is 0 Å². The smallest absolute Gasteiger partial charge is 0.309 e. The molecule has 57 heavy (non-hydrogen) atoms. The molecule has 0 spiro atoms. The molecule has 0 bridgehead atoms. The van der Waals surface area contributed by atoms with E-state index in [1.807, 2.05) is 13.0 Å². The molecule has 0 aromatic rings. The number of hydrogen-bond acceptors (Lipinski definition) is 16. The summed E-state index contributed by atoms with van der Waals surface area (Å²) in [5.41, 5.74) is -1.49. The molecule has 3 rings (SSSR count). The third kappa shape index (κ3) is 13.6. The zero-order valence-electron chi connectivity index (χ0n) is 35.2. The van der Waals surface area contributed by atoms with E-state index >= 15 is 0 Å². The van der Waals surface area contributed by atoms with Crippen molar-refractivity contribution in [2.75, 3.05) is 21.2 Å². The van der Waals surface area contributed by atoms with Crippen molar-refractivity contribution in [3.05, 3.63) is 24.3 Å². The van der Waals surface area contributed by atoms with Gasteiger partial charge in [-0.05, 0) is 60.0 Å². The molecule has 3 aliphatic rings. The molecular formula is C41H67NO15. The molecule has 0 saturated carbocycles. The normalized spacial score (nSPS) is 40.0. The molecule has 3 heterocycles. The number of cyclic esters (lactones) is 1. The predicted molar refractivity (Wildman–Crippen MR) is 205 cm³/mol. The number of carbonyl (C=O) groups is 4. The number of carbonyl (C=O) groups excluding carboxylic acids is 4. The summed E-state index contributed by atoms with van der Waals surface area (Å²) >= 11 is 0. The number of aldehydes is 1. The lowest BCUT2D eigenvalue weighted by atomic mass is 9.82. The van der Waals surface area contributed by atoms with Gasteiger partial charge in [-0.3, -0.25) is 14.4 Å². The largest absolute Gasteiger partial charge is 0.462 e. The zero-order chi connectivity index (χ0) is 42.6. The molecule has 326 valence electrons. The summed E-state index contributed by atoms with van der Waals surface area (Å²) in [6, 6.07) is -0.779. The summed E-state index contributed by atoms with van der Waals surface area (Å²) in [6.45, 7) is 11.8. The van der Waals surface area contributed by atoms with Crippen LogP contribution in [0.3, 0.4) is 0 Å². The molecule has 3 aliphatic heterocycles. The molecule has 3 N–H and O–H groups in total. The summed E-state index contributed by atoms with van der Waals surface area (Å²) in [4.78, 5) is 52.3. The van der Waals surface area contributed by atoms with Crippen LogP contribution in [-0.4, -0.2) is 151 Å². The quantitative estimate of drug-likeness (QED) is 0.147. The zero-order valence-corrected chi connectivity index (χ0v) is 35.2. The molecule has 2 fully saturated rings. The third-order valence-corrected chi connectivity index (χ3v) is 10.9. The van der Waals surface area contributed by atoms with Gasteiger partial charge in [-0.2, -0.15) is 0 Å². The van der Waals surface area contributed by atoms with Gasteiger partial charge in [0.05, 0.1) is 36.9 Å². The fourth-order valence-corrected chi connectivity index (χ4v) is 7.82. The first kappa shape index (κ1) is 48.6. The van der Waals surface area contributed by atoms with E-state index in [4.69, 9.17) is 37.9 Å². The highest BCUT2D eigenvalue weighted by atomic mass is 16.7. The maximum absolute atomic E-state index is 13.3. The molecule has 2 saturated heterocycles. The van der Waals surface area contributed by atoms with Crippen LogP contribution in [0.25, 0.3) is 0 Å². The van der Waals surface area contributed by atoms with Gasteiger partial charge in [-0.25, -0.2) is 0 Å². The van der Waals surface area contributed by atoms with Gasteiger partial charge in [-0.1, -0.05) is 45.1 Å². The molecule has 0 aromatic carbocycles. The number of likely N-dealkylation sites (N-methyl/N-ethyl adjacent to an activating group) is 1. The number of aliphatic hydroxyl groups excluding tert-OH is 2. The minimum absolute atomic E-state index is 0.000633. The second kappa shape index (κ2) is 22.5. The lowest BCUT2D eigenvalue weighted by molar-refractivity contribution is -0.344. The maximum Gasteiger partial charge on any atom is 0.309 e. The molecule has 16 heteroatoms. The van der Waals surface area contributed by atoms with E-state index in [2.05, 4.69) is 0 Å². The Labute approximate surface area is 337 Å². The summed E-state index contributed by atoms with van der Waals surface area (Å²) in [5, 5.41) is 34.5. The van der Waals surface area contributed by atoms with Crippen molar-refractivity contribution in [1.82, 2.24) is 4.90 Å². The van der Waals surface area contributed by atoms with Crippen LogP contribution in [0.15, 0.2) is 24.3 Å². The molecule has 9 unspecified atom stereocenters. The van der Waals surface area contributed by atoms with Gasteiger partial charge >= 0.3 is 17.9 Å². The van der Waals surface area contributed by atoms with Crippen molar-refractivity contribution in [2.45, 2.75) is 179 Å². The Bertz CT molecular complexity index is 1350. The summed E-state index contributed by atoms with van der Waals surface area (Å²) < 4.78 is 48.5. The van der Waals surface area contributed by atoms with Crippen LogP contribution >= 0.6 is 0 Å². The Morgan fingerprint density at radius 2 is 1.63 bits per heavy atom. The number of hydrogen-bond donors (Lipinski definition) is 3. The van der Waals surface area contributed by atoms with Crippen molar-refractivity contribution in [3.8, 4) is 0 Å². The van der Waals surface area contributed by atoms with Crippen molar-refractivity contribution in [2.24, 2.45) is 11.8 Å². The second-order valence-electron chi connectivity index (χ2n) is 16.0. The number of nitrogens with zero attached hydrogens (tertiary/aromatic N) is 1. The molecule has 16 atom stereocenters. The molecule has 16 nitrogen and oxygen atoms in total. The highest BCUT2D eigenvalue weighted by molar-refractivity contribution is 5.72. The van der Waals surface area contributed by atoms with Crippen LogP contribution in [0.5, 0.6) is 0 Å². The van der Waals surface area contributed by atoms with Crippen molar-refractivity contribution < 1.29 is 72.4 Å². The monoisotopic (exact) mass is 813 g/mol. The summed E-state index contributed by atoms with van der Waals surface area (Å²) in [6.07, 6.45) is -4.08. The topological polar surface area (TPSA) is 206 Å². The van der Waals surface area contributed by atoms with Crippen LogP contribution in [-0.2, 0) is 57.1 Å². The Hall–Kier alpha value is -2.80. The van der Waals surface area contributed by atoms with E-state index in [9.17, 15) is 34.5 Å². The Kier molecular flexibility index (Phi) is 19.2. The van der Waals surface area contributed by atoms with Gasteiger partial charge in [0.1, 0.15) is 42.4 Å². The average Bonchev–Trinajstić information content (AvgIpc) is 3.13. The molecule has 0 radical (unpaired) electrons. The van der Waals surface area contributed by atoms with Crippen molar-refractivity contribution in [3.63, 3.8) is 0 Å². The number of esters is 3. The van der Waals surface area contributed by atoms with E-state index < -0.39 is 121 Å². The fraction of sp³-hybridized carbons (Fsp3) is 0.805. The predicted octanol–water partition coefficient (Wildman–Crippen LogP) is 2.77. The first-order valence-electron chi connectivity index (χ1n) is 20.1. The fourth-order valence-electron chi connectivity index (χ4n) is 7.82. The summed E-state index contributed by atoms with van der Waals surface area (Å²) in [7, 11) is 4.86. The van der Waals surface area contributed by atoms with Crippen molar-refractivity contribution >= 4 is 24.2 Å². The van der Waals surface area contributed by atoms with E-state index in [1.54, 1.807) is 78.8 Å². The Morgan fingerprint density at radius 1 is 0.965 bits per heavy atom. The van der Waals surface area contributed by atoms with E-state index in [-0.39, 0.29) is 32.1 Å². The number of aliphatic hydroxyl groups is 3. The number of allylic oxidation sites excluding steroid dienone is 2. The minimum Gasteiger partial charge on any atom is -0.462 e. The molecule has 0 aliphatic carbocycles. The van der Waals surface area contributed by atoms with Gasteiger partial charge in [0, 0.05) is 39.2 Å². The second-order valence-corrected chi connectivity index (χ2v) is 16.0. The first-order chi connectivity index (χ1) is 26.9. The van der Waals surface area contributed by atoms with Gasteiger partial charge in [0.25, 0.3) is 0 Å². The molecule has 0 aromatic heterocycles. The van der Waals surface area contributed by atoms with Crippen LogP contribution in [0.1, 0.15) is 93.4 Å². The first-order valence-corrected chi connectivity index (χ1v) is 20.1. The highest BCUT2D eigenvalue weighted by Crippen LogP contribution is 2.37. The van der Waals surface area contributed by atoms with E-state index in [0.717, 1.165) is 0 Å². The molecular weight excluding hydrogens is 746 g/mol. The minimum atomic E-state index is -1.49. The Balaban J connectivity index is 2.01. The SMILES string of the molecule is CCC(=O)OC1C(C)OC(OC2C(C)OC(O[C@H]3[C@@H](CC=O)C[C@@H](C)[C@@H](O)C=CC=CC[C@@H](C)OC(=O)C[C@@H](OC(=O)CC)[C@@H]3OC)C(O)C2N(C)C)CC1(C)O. The van der Waals surface area contributed by atoms with Crippen LogP contribution in [0.4, 0.5) is 0 Å². The lowest BCUT2D eigenvalue weighted by Crippen LogP contribution is -2.66. The standard InChI is InChI=1S/C41H67NO15/c1-11-30(45)54-29-21-32(47)51-24(4)16-14-13-15-17-28(44)23(3)20-27(18-19-43)37(38(29)50-10)57-40-35(48)34(42(8)9)36(25(5)53-40)56-33-22-41(7,49)39(26(6)52-33)55-31(46)12-2/h13-15,17,19,23-29,33-40,44,48-49H,11-12,16,18,20-22H2,1-10H3/t23-,24-,25?,26?,27+,28+,29-,33?,34?,35?,36?,37+,38+,39?,40?,41?/m1/s1.